The number of nitrogen functional groups attached to an aromatic ring is 1. The molecule has 1 aliphatic heterocycles. The quantitative estimate of drug-likeness (QED) is 0.841. The van der Waals surface area contributed by atoms with Gasteiger partial charge in [-0.05, 0) is 26.4 Å². The summed E-state index contributed by atoms with van der Waals surface area (Å²) in [5.41, 5.74) is 6.29. The number of likely N-dealkylation sites (tertiary alicyclic amines) is 1. The van der Waals surface area contributed by atoms with Crippen molar-refractivity contribution in [2.45, 2.75) is 25.3 Å². The van der Waals surface area contributed by atoms with Crippen molar-refractivity contribution in [3.63, 3.8) is 0 Å². The maximum Gasteiger partial charge on any atom is 0.139 e. The van der Waals surface area contributed by atoms with E-state index in [-0.39, 0.29) is 0 Å². The third-order valence-electron chi connectivity index (χ3n) is 3.10. The smallest absolute Gasteiger partial charge is 0.139 e. The zero-order chi connectivity index (χ0) is 11.4. The molecule has 16 heavy (non-hydrogen) atoms. The molecule has 0 radical (unpaired) electrons. The second kappa shape index (κ2) is 5.16. The molecule has 1 aliphatic rings. The van der Waals surface area contributed by atoms with Crippen molar-refractivity contribution in [2.75, 3.05) is 25.9 Å². The Balaban J connectivity index is 1.86. The molecule has 1 aromatic heterocycles. The van der Waals surface area contributed by atoms with Crippen LogP contribution >= 0.6 is 0 Å². The van der Waals surface area contributed by atoms with Crippen LogP contribution in [0.15, 0.2) is 18.5 Å². The van der Waals surface area contributed by atoms with E-state index in [9.17, 15) is 0 Å². The van der Waals surface area contributed by atoms with Crippen LogP contribution in [0.5, 0.6) is 5.75 Å². The number of aromatic nitrogens is 1. The normalized spacial score (nSPS) is 21.9. The lowest BCUT2D eigenvalue weighted by Crippen LogP contribution is -2.40. The van der Waals surface area contributed by atoms with Gasteiger partial charge in [0.15, 0.2) is 0 Å². The van der Waals surface area contributed by atoms with Crippen LogP contribution in [-0.4, -0.2) is 36.1 Å². The van der Waals surface area contributed by atoms with Crippen LogP contribution in [0, 0.1) is 0 Å². The van der Waals surface area contributed by atoms with Crippen LogP contribution in [0.25, 0.3) is 0 Å². The van der Waals surface area contributed by atoms with Gasteiger partial charge < -0.3 is 15.4 Å². The summed E-state index contributed by atoms with van der Waals surface area (Å²) in [4.78, 5) is 6.37. The average Bonchev–Trinajstić information content (AvgIpc) is 2.28. The molecule has 2 heterocycles. The highest BCUT2D eigenvalue weighted by Crippen LogP contribution is 2.17. The van der Waals surface area contributed by atoms with Gasteiger partial charge >= 0.3 is 0 Å². The molecule has 0 aromatic carbocycles. The Hall–Kier alpha value is -1.29. The Morgan fingerprint density at radius 1 is 1.50 bits per heavy atom. The highest BCUT2D eigenvalue weighted by atomic mass is 16.5. The Morgan fingerprint density at radius 3 is 3.12 bits per heavy atom. The van der Waals surface area contributed by atoms with Crippen molar-refractivity contribution in [1.29, 1.82) is 0 Å². The van der Waals surface area contributed by atoms with Crippen LogP contribution in [0.2, 0.25) is 0 Å². The largest absolute Gasteiger partial charge is 0.490 e. The fourth-order valence-electron chi connectivity index (χ4n) is 2.06. The Kier molecular flexibility index (Phi) is 3.62. The SMILES string of the molecule is CN1CCCCC1COc1cncc(N)c1. The summed E-state index contributed by atoms with van der Waals surface area (Å²) in [7, 11) is 2.16. The second-order valence-electron chi connectivity index (χ2n) is 4.40. The molecule has 1 saturated heterocycles. The number of piperidine rings is 1. The van der Waals surface area contributed by atoms with Gasteiger partial charge in [0.1, 0.15) is 12.4 Å². The maximum atomic E-state index is 5.71. The first-order valence-electron chi connectivity index (χ1n) is 5.79. The number of likely N-dealkylation sites (N-methyl/N-ethyl adjacent to an activating group) is 1. The fourth-order valence-corrected chi connectivity index (χ4v) is 2.06. The minimum absolute atomic E-state index is 0.523. The van der Waals surface area contributed by atoms with Crippen LogP contribution in [-0.2, 0) is 0 Å². The molecule has 2 N–H and O–H groups in total. The topological polar surface area (TPSA) is 51.4 Å². The van der Waals surface area contributed by atoms with E-state index in [0.29, 0.717) is 11.7 Å². The summed E-state index contributed by atoms with van der Waals surface area (Å²) in [6.07, 6.45) is 7.14. The third-order valence-corrected chi connectivity index (χ3v) is 3.10. The van der Waals surface area contributed by atoms with Gasteiger partial charge in [0.05, 0.1) is 18.1 Å². The molecule has 4 nitrogen and oxygen atoms in total. The number of rotatable bonds is 3. The van der Waals surface area contributed by atoms with Crippen molar-refractivity contribution in [2.24, 2.45) is 0 Å². The number of anilines is 1. The monoisotopic (exact) mass is 221 g/mol. The standard InChI is InChI=1S/C12H19N3O/c1-15-5-3-2-4-11(15)9-16-12-6-10(13)7-14-8-12/h6-8,11H,2-5,9,13H2,1H3. The highest BCUT2D eigenvalue weighted by molar-refractivity contribution is 5.39. The zero-order valence-corrected chi connectivity index (χ0v) is 9.72. The van der Waals surface area contributed by atoms with Crippen LogP contribution in [0.3, 0.4) is 0 Å². The van der Waals surface area contributed by atoms with Crippen molar-refractivity contribution < 1.29 is 4.74 Å². The summed E-state index contributed by atoms with van der Waals surface area (Å²) >= 11 is 0. The van der Waals surface area contributed by atoms with Gasteiger partial charge in [0, 0.05) is 12.1 Å². The van der Waals surface area contributed by atoms with E-state index < -0.39 is 0 Å². The second-order valence-corrected chi connectivity index (χ2v) is 4.40. The lowest BCUT2D eigenvalue weighted by Gasteiger charge is -2.32. The number of hydrogen-bond donors (Lipinski definition) is 1. The van der Waals surface area contributed by atoms with E-state index in [1.807, 2.05) is 6.07 Å². The maximum absolute atomic E-state index is 5.71. The van der Waals surface area contributed by atoms with Gasteiger partial charge in [-0.2, -0.15) is 0 Å². The Labute approximate surface area is 96.4 Å². The number of pyridine rings is 1. The fraction of sp³-hybridized carbons (Fsp3) is 0.583. The van der Waals surface area contributed by atoms with E-state index in [1.165, 1.54) is 25.8 Å². The molecular formula is C12H19N3O. The predicted octanol–water partition coefficient (Wildman–Crippen LogP) is 1.53. The molecule has 0 amide bonds. The van der Waals surface area contributed by atoms with Crippen molar-refractivity contribution in [3.8, 4) is 5.75 Å². The van der Waals surface area contributed by atoms with E-state index in [2.05, 4.69) is 16.9 Å². The summed E-state index contributed by atoms with van der Waals surface area (Å²) in [6, 6.07) is 2.34. The molecule has 0 spiro atoms. The van der Waals surface area contributed by atoms with E-state index in [0.717, 1.165) is 12.4 Å². The molecule has 0 saturated carbocycles. The average molecular weight is 221 g/mol. The molecule has 1 atom stereocenters. The first kappa shape index (κ1) is 11.2. The first-order chi connectivity index (χ1) is 7.75. The highest BCUT2D eigenvalue weighted by Gasteiger charge is 2.19. The third kappa shape index (κ3) is 2.85. The molecule has 1 fully saturated rings. The zero-order valence-electron chi connectivity index (χ0n) is 9.72. The lowest BCUT2D eigenvalue weighted by molar-refractivity contribution is 0.125. The summed E-state index contributed by atoms with van der Waals surface area (Å²) in [5, 5.41) is 0. The molecule has 0 aliphatic carbocycles. The van der Waals surface area contributed by atoms with Gasteiger partial charge in [0.2, 0.25) is 0 Å². The van der Waals surface area contributed by atoms with Crippen LogP contribution < -0.4 is 10.5 Å². The van der Waals surface area contributed by atoms with Crippen LogP contribution in [0.4, 0.5) is 5.69 Å². The van der Waals surface area contributed by atoms with Gasteiger partial charge in [-0.15, -0.1) is 0 Å². The number of nitrogens with two attached hydrogens (primary N) is 1. The van der Waals surface area contributed by atoms with Gasteiger partial charge in [-0.25, -0.2) is 0 Å². The van der Waals surface area contributed by atoms with Crippen molar-refractivity contribution in [3.05, 3.63) is 18.5 Å². The van der Waals surface area contributed by atoms with E-state index >= 15 is 0 Å². The van der Waals surface area contributed by atoms with Crippen molar-refractivity contribution in [1.82, 2.24) is 9.88 Å². The molecule has 88 valence electrons. The Bertz CT molecular complexity index is 343. The van der Waals surface area contributed by atoms with E-state index in [1.54, 1.807) is 12.4 Å². The molecule has 4 heteroatoms. The minimum atomic E-state index is 0.523. The predicted molar refractivity (Wildman–Crippen MR) is 64.4 cm³/mol. The number of hydrogen-bond acceptors (Lipinski definition) is 4. The minimum Gasteiger partial charge on any atom is -0.490 e. The van der Waals surface area contributed by atoms with Gasteiger partial charge in [-0.1, -0.05) is 6.42 Å². The van der Waals surface area contributed by atoms with Gasteiger partial charge in [-0.3, -0.25) is 4.98 Å². The lowest BCUT2D eigenvalue weighted by atomic mass is 10.0. The molecule has 1 aromatic rings. The summed E-state index contributed by atoms with van der Waals surface area (Å²) in [5.74, 6) is 0.763. The number of ether oxygens (including phenoxy) is 1. The summed E-state index contributed by atoms with van der Waals surface area (Å²) < 4.78 is 5.71. The Morgan fingerprint density at radius 2 is 2.38 bits per heavy atom. The molecule has 1 unspecified atom stereocenters. The molecule has 0 bridgehead atoms. The molecule has 2 rings (SSSR count). The van der Waals surface area contributed by atoms with Crippen molar-refractivity contribution >= 4 is 5.69 Å². The van der Waals surface area contributed by atoms with E-state index in [4.69, 9.17) is 10.5 Å². The molecular weight excluding hydrogens is 202 g/mol. The number of nitrogens with zero attached hydrogens (tertiary/aromatic N) is 2. The van der Waals surface area contributed by atoms with Crippen LogP contribution in [0.1, 0.15) is 19.3 Å². The summed E-state index contributed by atoms with van der Waals surface area (Å²) in [6.45, 7) is 1.89. The van der Waals surface area contributed by atoms with Gasteiger partial charge in [0.25, 0.3) is 0 Å². The first-order valence-corrected chi connectivity index (χ1v) is 5.79.